The molecule has 0 bridgehead atoms. The summed E-state index contributed by atoms with van der Waals surface area (Å²) in [5.74, 6) is -0.0455. The van der Waals surface area contributed by atoms with E-state index in [0.717, 1.165) is 4.88 Å². The van der Waals surface area contributed by atoms with Gasteiger partial charge in [0, 0.05) is 18.0 Å². The largest absolute Gasteiger partial charge is 0.386 e. The van der Waals surface area contributed by atoms with Gasteiger partial charge in [-0.3, -0.25) is 4.79 Å². The fourth-order valence-electron chi connectivity index (χ4n) is 1.16. The topological polar surface area (TPSA) is 61.4 Å². The van der Waals surface area contributed by atoms with Gasteiger partial charge in [0.2, 0.25) is 5.91 Å². The third-order valence-corrected chi connectivity index (χ3v) is 2.84. The van der Waals surface area contributed by atoms with E-state index in [0.29, 0.717) is 13.1 Å². The Balaban J connectivity index is 2.18. The minimum Gasteiger partial charge on any atom is -0.386 e. The van der Waals surface area contributed by atoms with Crippen LogP contribution >= 0.6 is 11.3 Å². The van der Waals surface area contributed by atoms with E-state index in [1.807, 2.05) is 24.4 Å². The lowest BCUT2D eigenvalue weighted by Crippen LogP contribution is -2.35. The molecule has 0 aromatic carbocycles. The lowest BCUT2D eigenvalue weighted by atomic mass is 10.3. The van der Waals surface area contributed by atoms with Gasteiger partial charge in [-0.25, -0.2) is 0 Å². The van der Waals surface area contributed by atoms with Gasteiger partial charge in [0.15, 0.2) is 0 Å². The average Bonchev–Trinajstić information content (AvgIpc) is 2.70. The summed E-state index contributed by atoms with van der Waals surface area (Å²) in [6, 6.07) is 3.77. The van der Waals surface area contributed by atoms with Gasteiger partial charge in [-0.1, -0.05) is 6.07 Å². The summed E-state index contributed by atoms with van der Waals surface area (Å²) >= 11 is 1.51. The van der Waals surface area contributed by atoms with E-state index in [-0.39, 0.29) is 12.5 Å². The zero-order valence-corrected chi connectivity index (χ0v) is 9.51. The number of aliphatic hydroxyl groups excluding tert-OH is 1. The minimum absolute atomic E-state index is 0.0455. The molecule has 84 valence electrons. The molecule has 1 aromatic rings. The van der Waals surface area contributed by atoms with Crippen molar-refractivity contribution in [1.29, 1.82) is 0 Å². The van der Waals surface area contributed by atoms with Crippen molar-refractivity contribution in [1.82, 2.24) is 10.6 Å². The van der Waals surface area contributed by atoms with E-state index in [1.165, 1.54) is 11.3 Å². The van der Waals surface area contributed by atoms with Crippen molar-refractivity contribution in [2.24, 2.45) is 0 Å². The standard InChI is InChI=1S/C10H16N2O2S/c1-2-12-10(14)7-11-6-8(13)9-4-3-5-15-9/h3-5,8,11,13H,2,6-7H2,1H3,(H,12,14). The third-order valence-electron chi connectivity index (χ3n) is 1.87. The average molecular weight is 228 g/mol. The highest BCUT2D eigenvalue weighted by atomic mass is 32.1. The predicted molar refractivity (Wildman–Crippen MR) is 60.8 cm³/mol. The van der Waals surface area contributed by atoms with Crippen LogP contribution in [0, 0.1) is 0 Å². The summed E-state index contributed by atoms with van der Waals surface area (Å²) in [6.45, 7) is 3.15. The Morgan fingerprint density at radius 3 is 3.07 bits per heavy atom. The molecule has 0 aliphatic rings. The molecular weight excluding hydrogens is 212 g/mol. The van der Waals surface area contributed by atoms with Gasteiger partial charge < -0.3 is 15.7 Å². The van der Waals surface area contributed by atoms with E-state index in [2.05, 4.69) is 10.6 Å². The summed E-state index contributed by atoms with van der Waals surface area (Å²) in [4.78, 5) is 12.0. The van der Waals surface area contributed by atoms with Crippen LogP contribution in [0.5, 0.6) is 0 Å². The molecule has 15 heavy (non-hydrogen) atoms. The number of thiophene rings is 1. The maximum Gasteiger partial charge on any atom is 0.233 e. The van der Waals surface area contributed by atoms with Crippen LogP contribution in [0.3, 0.4) is 0 Å². The fraction of sp³-hybridized carbons (Fsp3) is 0.500. The molecule has 0 radical (unpaired) electrons. The number of hydrogen-bond acceptors (Lipinski definition) is 4. The molecule has 1 rings (SSSR count). The van der Waals surface area contributed by atoms with Crippen LogP contribution < -0.4 is 10.6 Å². The Kier molecular flexibility index (Phi) is 5.31. The number of likely N-dealkylation sites (N-methyl/N-ethyl adjacent to an activating group) is 1. The Bertz CT molecular complexity index is 288. The highest BCUT2D eigenvalue weighted by Gasteiger charge is 2.08. The van der Waals surface area contributed by atoms with Gasteiger partial charge in [-0.05, 0) is 18.4 Å². The van der Waals surface area contributed by atoms with E-state index in [4.69, 9.17) is 0 Å². The number of aliphatic hydroxyl groups is 1. The van der Waals surface area contributed by atoms with Gasteiger partial charge >= 0.3 is 0 Å². The maximum absolute atomic E-state index is 11.1. The number of amides is 1. The first kappa shape index (κ1) is 12.2. The molecule has 0 fully saturated rings. The summed E-state index contributed by atoms with van der Waals surface area (Å²) in [7, 11) is 0. The SMILES string of the molecule is CCNC(=O)CNCC(O)c1cccs1. The van der Waals surface area contributed by atoms with Crippen LogP contribution in [0.25, 0.3) is 0 Å². The monoisotopic (exact) mass is 228 g/mol. The Hall–Kier alpha value is -0.910. The van der Waals surface area contributed by atoms with Crippen LogP contribution in [-0.2, 0) is 4.79 Å². The summed E-state index contributed by atoms with van der Waals surface area (Å²) in [6.07, 6.45) is -0.528. The van der Waals surface area contributed by atoms with E-state index < -0.39 is 6.10 Å². The zero-order chi connectivity index (χ0) is 11.1. The molecule has 0 saturated heterocycles. The van der Waals surface area contributed by atoms with Gasteiger partial charge in [-0.2, -0.15) is 0 Å². The van der Waals surface area contributed by atoms with Gasteiger partial charge in [0.1, 0.15) is 6.10 Å². The first-order valence-corrected chi connectivity index (χ1v) is 5.81. The highest BCUT2D eigenvalue weighted by Crippen LogP contribution is 2.17. The zero-order valence-electron chi connectivity index (χ0n) is 8.69. The summed E-state index contributed by atoms with van der Waals surface area (Å²) in [5.41, 5.74) is 0. The van der Waals surface area contributed by atoms with Crippen LogP contribution in [-0.4, -0.2) is 30.6 Å². The Labute approximate surface area is 93.3 Å². The molecule has 1 unspecified atom stereocenters. The smallest absolute Gasteiger partial charge is 0.233 e. The molecule has 4 nitrogen and oxygen atoms in total. The van der Waals surface area contributed by atoms with E-state index in [9.17, 15) is 9.90 Å². The van der Waals surface area contributed by atoms with Crippen molar-refractivity contribution in [3.05, 3.63) is 22.4 Å². The van der Waals surface area contributed by atoms with Crippen molar-refractivity contribution in [3.8, 4) is 0 Å². The summed E-state index contributed by atoms with van der Waals surface area (Å²) in [5, 5.41) is 17.2. The number of hydrogen-bond donors (Lipinski definition) is 3. The second kappa shape index (κ2) is 6.55. The molecule has 1 heterocycles. The number of carbonyl (C=O) groups is 1. The minimum atomic E-state index is -0.528. The molecule has 0 saturated carbocycles. The van der Waals surface area contributed by atoms with Gasteiger partial charge in [0.05, 0.1) is 6.54 Å². The number of carbonyl (C=O) groups excluding carboxylic acids is 1. The second-order valence-corrected chi connectivity index (χ2v) is 4.09. The first-order valence-electron chi connectivity index (χ1n) is 4.93. The normalized spacial score (nSPS) is 12.4. The van der Waals surface area contributed by atoms with Crippen molar-refractivity contribution < 1.29 is 9.90 Å². The maximum atomic E-state index is 11.1. The first-order chi connectivity index (χ1) is 7.24. The third kappa shape index (κ3) is 4.42. The molecule has 5 heteroatoms. The number of nitrogens with one attached hydrogen (secondary N) is 2. The lowest BCUT2D eigenvalue weighted by Gasteiger charge is -2.09. The highest BCUT2D eigenvalue weighted by molar-refractivity contribution is 7.10. The molecule has 1 amide bonds. The molecule has 1 atom stereocenters. The van der Waals surface area contributed by atoms with Crippen molar-refractivity contribution in [2.75, 3.05) is 19.6 Å². The number of rotatable bonds is 6. The molecule has 3 N–H and O–H groups in total. The molecule has 1 aromatic heterocycles. The quantitative estimate of drug-likeness (QED) is 0.665. The summed E-state index contributed by atoms with van der Waals surface area (Å²) < 4.78 is 0. The van der Waals surface area contributed by atoms with E-state index in [1.54, 1.807) is 0 Å². The van der Waals surface area contributed by atoms with Gasteiger partial charge in [-0.15, -0.1) is 11.3 Å². The Morgan fingerprint density at radius 2 is 2.47 bits per heavy atom. The van der Waals surface area contributed by atoms with Crippen LogP contribution in [0.4, 0.5) is 0 Å². The van der Waals surface area contributed by atoms with Crippen molar-refractivity contribution in [3.63, 3.8) is 0 Å². The fourth-order valence-corrected chi connectivity index (χ4v) is 1.88. The van der Waals surface area contributed by atoms with Crippen molar-refractivity contribution >= 4 is 17.2 Å². The molecule has 0 aliphatic heterocycles. The van der Waals surface area contributed by atoms with Crippen molar-refractivity contribution in [2.45, 2.75) is 13.0 Å². The van der Waals surface area contributed by atoms with Gasteiger partial charge in [0.25, 0.3) is 0 Å². The molecule has 0 spiro atoms. The molecular formula is C10H16N2O2S. The van der Waals surface area contributed by atoms with Crippen LogP contribution in [0.1, 0.15) is 17.9 Å². The van der Waals surface area contributed by atoms with E-state index >= 15 is 0 Å². The lowest BCUT2D eigenvalue weighted by molar-refractivity contribution is -0.120. The van der Waals surface area contributed by atoms with Crippen LogP contribution in [0.2, 0.25) is 0 Å². The second-order valence-electron chi connectivity index (χ2n) is 3.12. The molecule has 0 aliphatic carbocycles. The van der Waals surface area contributed by atoms with Crippen LogP contribution in [0.15, 0.2) is 17.5 Å². The Morgan fingerprint density at radius 1 is 1.67 bits per heavy atom. The predicted octanol–water partition coefficient (Wildman–Crippen LogP) is 0.507.